The molecule has 0 aliphatic rings. The first kappa shape index (κ1) is 15.9. The third-order valence-corrected chi connectivity index (χ3v) is 4.03. The molecule has 7 heteroatoms. The Morgan fingerprint density at radius 1 is 1.15 bits per heavy atom. The van der Waals surface area contributed by atoms with Crippen molar-refractivity contribution in [3.63, 3.8) is 0 Å². The third kappa shape index (κ3) is 2.90. The molecule has 0 saturated heterocycles. The second-order valence-electron chi connectivity index (χ2n) is 5.80. The summed E-state index contributed by atoms with van der Waals surface area (Å²) in [4.78, 5) is 25.2. The maximum atomic E-state index is 13.0. The van der Waals surface area contributed by atoms with Crippen molar-refractivity contribution < 1.29 is 9.18 Å². The van der Waals surface area contributed by atoms with Crippen molar-refractivity contribution in [3.8, 4) is 11.3 Å². The Morgan fingerprint density at radius 3 is 2.77 bits per heavy atom. The molecule has 0 aliphatic heterocycles. The van der Waals surface area contributed by atoms with E-state index in [9.17, 15) is 9.18 Å². The minimum Gasteiger partial charge on any atom is -0.334 e. The minimum atomic E-state index is -0.465. The molecule has 6 nitrogen and oxygen atoms in total. The lowest BCUT2D eigenvalue weighted by Gasteiger charge is -2.10. The zero-order chi connectivity index (χ0) is 18.1. The van der Waals surface area contributed by atoms with Gasteiger partial charge in [-0.3, -0.25) is 9.78 Å². The van der Waals surface area contributed by atoms with E-state index in [0.29, 0.717) is 11.1 Å². The third-order valence-electron chi connectivity index (χ3n) is 4.03. The number of pyridine rings is 2. The van der Waals surface area contributed by atoms with Gasteiger partial charge in [0, 0.05) is 24.2 Å². The molecule has 0 bridgehead atoms. The molecule has 1 N–H and O–H groups in total. The Morgan fingerprint density at radius 2 is 2.04 bits per heavy atom. The van der Waals surface area contributed by atoms with Gasteiger partial charge in [-0.1, -0.05) is 6.07 Å². The molecule has 1 amide bonds. The van der Waals surface area contributed by atoms with Gasteiger partial charge in [0.25, 0.3) is 5.91 Å². The second kappa shape index (κ2) is 6.36. The first-order chi connectivity index (χ1) is 12.6. The summed E-state index contributed by atoms with van der Waals surface area (Å²) in [7, 11) is 1.89. The molecule has 3 heterocycles. The van der Waals surface area contributed by atoms with Crippen molar-refractivity contribution in [2.24, 2.45) is 7.05 Å². The Labute approximate surface area is 148 Å². The molecular weight excluding hydrogens is 333 g/mol. The summed E-state index contributed by atoms with van der Waals surface area (Å²) in [6, 6.07) is 10.1. The predicted octanol–water partition coefficient (Wildman–Crippen LogP) is 3.42. The molecule has 128 valence electrons. The van der Waals surface area contributed by atoms with Crippen LogP contribution in [0.3, 0.4) is 0 Å². The van der Waals surface area contributed by atoms with E-state index in [0.717, 1.165) is 22.8 Å². The Kier molecular flexibility index (Phi) is 3.89. The average molecular weight is 347 g/mol. The van der Waals surface area contributed by atoms with Crippen LogP contribution in [0, 0.1) is 5.82 Å². The van der Waals surface area contributed by atoms with Crippen LogP contribution < -0.4 is 5.32 Å². The number of hydrogen-bond donors (Lipinski definition) is 1. The Hall–Kier alpha value is -3.61. The summed E-state index contributed by atoms with van der Waals surface area (Å²) in [6.45, 7) is 0. The van der Waals surface area contributed by atoms with Crippen LogP contribution in [0.15, 0.2) is 61.3 Å². The van der Waals surface area contributed by atoms with Gasteiger partial charge in [0.2, 0.25) is 0 Å². The van der Waals surface area contributed by atoms with E-state index in [1.165, 1.54) is 12.1 Å². The number of anilines is 1. The van der Waals surface area contributed by atoms with E-state index in [1.807, 2.05) is 29.8 Å². The summed E-state index contributed by atoms with van der Waals surface area (Å²) in [5, 5.41) is 3.52. The second-order valence-corrected chi connectivity index (χ2v) is 5.80. The van der Waals surface area contributed by atoms with Gasteiger partial charge in [-0.05, 0) is 30.3 Å². The first-order valence-corrected chi connectivity index (χ1v) is 7.90. The standard InChI is InChI=1S/C19H14FN5O/c1-25-11-21-10-16(25)13-7-12-3-2-6-22-18(12)15(8-13)19(26)24-17-5-4-14(20)9-23-17/h2-11H,1H3,(H,23,24,26). The van der Waals surface area contributed by atoms with Crippen molar-refractivity contribution >= 4 is 22.6 Å². The summed E-state index contributed by atoms with van der Waals surface area (Å²) in [6.07, 6.45) is 6.13. The minimum absolute atomic E-state index is 0.270. The number of imidazole rings is 1. The van der Waals surface area contributed by atoms with Crippen LogP contribution in [-0.4, -0.2) is 25.4 Å². The molecule has 4 aromatic rings. The van der Waals surface area contributed by atoms with Gasteiger partial charge < -0.3 is 9.88 Å². The SMILES string of the molecule is Cn1cncc1-c1cc(C(=O)Nc2ccc(F)cn2)c2ncccc2c1. The molecule has 0 aliphatic carbocycles. The number of benzene rings is 1. The summed E-state index contributed by atoms with van der Waals surface area (Å²) >= 11 is 0. The van der Waals surface area contributed by atoms with Crippen LogP contribution in [-0.2, 0) is 7.05 Å². The van der Waals surface area contributed by atoms with Crippen LogP contribution >= 0.6 is 0 Å². The largest absolute Gasteiger partial charge is 0.334 e. The maximum absolute atomic E-state index is 13.0. The number of aryl methyl sites for hydroxylation is 1. The summed E-state index contributed by atoms with van der Waals surface area (Å²) in [5.74, 6) is -0.559. The number of aromatic nitrogens is 4. The lowest BCUT2D eigenvalue weighted by Crippen LogP contribution is -2.14. The van der Waals surface area contributed by atoms with Crippen LogP contribution in [0.2, 0.25) is 0 Å². The Balaban J connectivity index is 1.81. The molecular formula is C19H14FN5O. The zero-order valence-electron chi connectivity index (χ0n) is 13.8. The van der Waals surface area contributed by atoms with Gasteiger partial charge in [-0.15, -0.1) is 0 Å². The van der Waals surface area contributed by atoms with Gasteiger partial charge >= 0.3 is 0 Å². The highest BCUT2D eigenvalue weighted by atomic mass is 19.1. The van der Waals surface area contributed by atoms with E-state index in [4.69, 9.17) is 0 Å². The molecule has 0 fully saturated rings. The molecule has 0 radical (unpaired) electrons. The quantitative estimate of drug-likeness (QED) is 0.616. The highest BCUT2D eigenvalue weighted by Crippen LogP contribution is 2.27. The van der Waals surface area contributed by atoms with E-state index < -0.39 is 5.82 Å². The number of nitrogens with zero attached hydrogens (tertiary/aromatic N) is 4. The van der Waals surface area contributed by atoms with Crippen molar-refractivity contribution in [3.05, 3.63) is 72.7 Å². The molecule has 0 atom stereocenters. The fraction of sp³-hybridized carbons (Fsp3) is 0.0526. The van der Waals surface area contributed by atoms with Crippen molar-refractivity contribution in [1.29, 1.82) is 0 Å². The Bertz CT molecular complexity index is 1100. The number of nitrogens with one attached hydrogen (secondary N) is 1. The normalized spacial score (nSPS) is 10.8. The number of fused-ring (bicyclic) bond motifs is 1. The number of carbonyl (C=O) groups is 1. The molecule has 0 spiro atoms. The van der Waals surface area contributed by atoms with Crippen LogP contribution in [0.25, 0.3) is 22.2 Å². The van der Waals surface area contributed by atoms with Crippen molar-refractivity contribution in [2.45, 2.75) is 0 Å². The van der Waals surface area contributed by atoms with E-state index in [2.05, 4.69) is 20.3 Å². The smallest absolute Gasteiger partial charge is 0.259 e. The average Bonchev–Trinajstić information content (AvgIpc) is 3.08. The molecule has 1 aromatic carbocycles. The highest BCUT2D eigenvalue weighted by Gasteiger charge is 2.15. The fourth-order valence-electron chi connectivity index (χ4n) is 2.78. The van der Waals surface area contributed by atoms with Gasteiger partial charge in [-0.2, -0.15) is 0 Å². The number of carbonyl (C=O) groups excluding carboxylic acids is 1. The van der Waals surface area contributed by atoms with Crippen molar-refractivity contribution in [2.75, 3.05) is 5.32 Å². The molecule has 0 saturated carbocycles. The lowest BCUT2D eigenvalue weighted by molar-refractivity contribution is 0.102. The zero-order valence-corrected chi connectivity index (χ0v) is 13.8. The summed E-state index contributed by atoms with van der Waals surface area (Å²) in [5.41, 5.74) is 2.72. The molecule has 3 aromatic heterocycles. The highest BCUT2D eigenvalue weighted by molar-refractivity contribution is 6.12. The number of halogens is 1. The number of rotatable bonds is 3. The van der Waals surface area contributed by atoms with Gasteiger partial charge in [0.15, 0.2) is 0 Å². The van der Waals surface area contributed by atoms with Crippen LogP contribution in [0.1, 0.15) is 10.4 Å². The van der Waals surface area contributed by atoms with Gasteiger partial charge in [0.05, 0.1) is 35.5 Å². The van der Waals surface area contributed by atoms with E-state index >= 15 is 0 Å². The molecule has 0 unspecified atom stereocenters. The van der Waals surface area contributed by atoms with Crippen LogP contribution in [0.5, 0.6) is 0 Å². The summed E-state index contributed by atoms with van der Waals surface area (Å²) < 4.78 is 14.9. The molecule has 26 heavy (non-hydrogen) atoms. The predicted molar refractivity (Wildman–Crippen MR) is 96.1 cm³/mol. The van der Waals surface area contributed by atoms with Gasteiger partial charge in [0.1, 0.15) is 11.6 Å². The number of amides is 1. The van der Waals surface area contributed by atoms with Gasteiger partial charge in [-0.25, -0.2) is 14.4 Å². The topological polar surface area (TPSA) is 72.7 Å². The monoisotopic (exact) mass is 347 g/mol. The first-order valence-electron chi connectivity index (χ1n) is 7.90. The van der Waals surface area contributed by atoms with Crippen molar-refractivity contribution in [1.82, 2.24) is 19.5 Å². The molecule has 4 rings (SSSR count). The number of hydrogen-bond acceptors (Lipinski definition) is 4. The van der Waals surface area contributed by atoms with E-state index in [1.54, 1.807) is 24.8 Å². The van der Waals surface area contributed by atoms with Crippen LogP contribution in [0.4, 0.5) is 10.2 Å². The maximum Gasteiger partial charge on any atom is 0.259 e. The lowest BCUT2D eigenvalue weighted by atomic mass is 10.0. The fourth-order valence-corrected chi connectivity index (χ4v) is 2.78. The van der Waals surface area contributed by atoms with E-state index in [-0.39, 0.29) is 11.7 Å².